The van der Waals surface area contributed by atoms with Crippen LogP contribution in [0.5, 0.6) is 0 Å². The van der Waals surface area contributed by atoms with Crippen molar-refractivity contribution in [3.63, 3.8) is 0 Å². The quantitative estimate of drug-likeness (QED) is 0.275. The minimum atomic E-state index is -0.756. The number of nitrogens with zero attached hydrogens (tertiary/aromatic N) is 1. The van der Waals surface area contributed by atoms with Gasteiger partial charge in [-0.25, -0.2) is 4.79 Å². The summed E-state index contributed by atoms with van der Waals surface area (Å²) in [4.78, 5) is 35.7. The topological polar surface area (TPSA) is 98.5 Å². The van der Waals surface area contributed by atoms with Crippen molar-refractivity contribution in [2.75, 3.05) is 12.4 Å². The van der Waals surface area contributed by atoms with Crippen molar-refractivity contribution in [2.24, 2.45) is 0 Å². The summed E-state index contributed by atoms with van der Waals surface area (Å²) in [5, 5.41) is 15.9. The summed E-state index contributed by atoms with van der Waals surface area (Å²) < 4.78 is 5.74. The molecular formula is C19H12BrClN2O5S. The number of nitro groups is 1. The Morgan fingerprint density at radius 1 is 1.21 bits per heavy atom. The first-order valence-corrected chi connectivity index (χ1v) is 10.1. The fourth-order valence-electron chi connectivity index (χ4n) is 2.62. The van der Waals surface area contributed by atoms with Gasteiger partial charge in [-0.1, -0.05) is 39.7 Å². The molecule has 1 aromatic heterocycles. The number of thiophene rings is 1. The van der Waals surface area contributed by atoms with Crippen LogP contribution < -0.4 is 5.32 Å². The summed E-state index contributed by atoms with van der Waals surface area (Å²) in [5.41, 5.74) is 0.885. The Morgan fingerprint density at radius 3 is 2.52 bits per heavy atom. The van der Waals surface area contributed by atoms with E-state index in [-0.39, 0.29) is 21.2 Å². The molecule has 0 saturated carbocycles. The van der Waals surface area contributed by atoms with Gasteiger partial charge >= 0.3 is 5.97 Å². The number of esters is 1. The zero-order chi connectivity index (χ0) is 21.1. The van der Waals surface area contributed by atoms with E-state index in [1.165, 1.54) is 19.2 Å². The monoisotopic (exact) mass is 494 g/mol. The molecule has 2 aromatic carbocycles. The molecule has 29 heavy (non-hydrogen) atoms. The Balaban J connectivity index is 2.03. The van der Waals surface area contributed by atoms with Crippen LogP contribution in [0.2, 0.25) is 5.02 Å². The third kappa shape index (κ3) is 4.47. The van der Waals surface area contributed by atoms with Crippen molar-refractivity contribution >= 4 is 61.4 Å². The minimum absolute atomic E-state index is 0.165. The van der Waals surface area contributed by atoms with Crippen LogP contribution in [0.25, 0.3) is 11.1 Å². The van der Waals surface area contributed by atoms with Crippen LogP contribution in [0, 0.1) is 10.1 Å². The minimum Gasteiger partial charge on any atom is -0.465 e. The zero-order valence-electron chi connectivity index (χ0n) is 14.8. The largest absolute Gasteiger partial charge is 0.465 e. The van der Waals surface area contributed by atoms with Gasteiger partial charge in [0, 0.05) is 26.5 Å². The van der Waals surface area contributed by atoms with E-state index in [2.05, 4.69) is 21.2 Å². The summed E-state index contributed by atoms with van der Waals surface area (Å²) in [6.45, 7) is 0. The molecule has 0 radical (unpaired) electrons. The third-order valence-corrected chi connectivity index (χ3v) is 5.62. The lowest BCUT2D eigenvalue weighted by Gasteiger charge is -2.08. The van der Waals surface area contributed by atoms with Crippen LogP contribution in [0.1, 0.15) is 20.7 Å². The van der Waals surface area contributed by atoms with Crippen LogP contribution >= 0.6 is 38.9 Å². The first kappa shape index (κ1) is 21.0. The average molecular weight is 496 g/mol. The second-order valence-electron chi connectivity index (χ2n) is 5.72. The van der Waals surface area contributed by atoms with Crippen molar-refractivity contribution in [2.45, 2.75) is 0 Å². The van der Waals surface area contributed by atoms with E-state index >= 15 is 0 Å². The number of benzene rings is 2. The van der Waals surface area contributed by atoms with Gasteiger partial charge in [0.25, 0.3) is 11.6 Å². The molecule has 3 aromatic rings. The summed E-state index contributed by atoms with van der Waals surface area (Å²) in [6.07, 6.45) is 0. The van der Waals surface area contributed by atoms with Gasteiger partial charge in [0.2, 0.25) is 0 Å². The fourth-order valence-corrected chi connectivity index (χ4v) is 4.01. The average Bonchev–Trinajstić information content (AvgIpc) is 3.11. The number of nitrogens with one attached hydrogen (secondary N) is 1. The van der Waals surface area contributed by atoms with Gasteiger partial charge in [0.1, 0.15) is 16.1 Å². The second kappa shape index (κ2) is 8.73. The second-order valence-corrected chi connectivity index (χ2v) is 7.96. The van der Waals surface area contributed by atoms with Gasteiger partial charge in [-0.05, 0) is 29.8 Å². The molecular weight excluding hydrogens is 484 g/mol. The smallest absolute Gasteiger partial charge is 0.341 e. The normalized spacial score (nSPS) is 10.4. The van der Waals surface area contributed by atoms with E-state index in [4.69, 9.17) is 16.3 Å². The van der Waals surface area contributed by atoms with Crippen molar-refractivity contribution < 1.29 is 19.2 Å². The number of halogens is 2. The lowest BCUT2D eigenvalue weighted by molar-refractivity contribution is -0.385. The number of carbonyl (C=O) groups is 2. The Kier molecular flexibility index (Phi) is 6.31. The number of carbonyl (C=O) groups excluding carboxylic acids is 2. The number of anilines is 1. The summed E-state index contributed by atoms with van der Waals surface area (Å²) in [7, 11) is 1.23. The van der Waals surface area contributed by atoms with Crippen molar-refractivity contribution in [3.05, 3.63) is 78.6 Å². The maximum absolute atomic E-state index is 12.7. The highest BCUT2D eigenvalue weighted by molar-refractivity contribution is 9.10. The molecule has 3 rings (SSSR count). The van der Waals surface area contributed by atoms with E-state index in [1.54, 1.807) is 5.38 Å². The lowest BCUT2D eigenvalue weighted by atomic mass is 10.0. The van der Waals surface area contributed by atoms with Gasteiger partial charge in [-0.2, -0.15) is 0 Å². The van der Waals surface area contributed by atoms with E-state index in [0.717, 1.165) is 27.4 Å². The molecule has 7 nitrogen and oxygen atoms in total. The molecule has 0 saturated heterocycles. The first-order valence-electron chi connectivity index (χ1n) is 8.03. The Morgan fingerprint density at radius 2 is 1.90 bits per heavy atom. The van der Waals surface area contributed by atoms with Crippen LogP contribution in [-0.2, 0) is 4.74 Å². The third-order valence-electron chi connectivity index (χ3n) is 3.96. The number of methoxy groups -OCH3 is 1. The van der Waals surface area contributed by atoms with Gasteiger partial charge in [0.15, 0.2) is 0 Å². The highest BCUT2D eigenvalue weighted by Gasteiger charge is 2.26. The Hall–Kier alpha value is -2.75. The SMILES string of the molecule is COC(=O)c1c(-c2ccc(Br)cc2)csc1NC(=O)c1cc(Cl)ccc1[N+](=O)[O-]. The molecule has 0 fully saturated rings. The summed E-state index contributed by atoms with van der Waals surface area (Å²) >= 11 is 10.4. The molecule has 148 valence electrons. The maximum Gasteiger partial charge on any atom is 0.341 e. The highest BCUT2D eigenvalue weighted by Crippen LogP contribution is 2.37. The van der Waals surface area contributed by atoms with E-state index in [0.29, 0.717) is 5.56 Å². The molecule has 0 aliphatic rings. The highest BCUT2D eigenvalue weighted by atomic mass is 79.9. The van der Waals surface area contributed by atoms with E-state index in [1.807, 2.05) is 24.3 Å². The molecule has 0 aliphatic heterocycles. The zero-order valence-corrected chi connectivity index (χ0v) is 17.9. The van der Waals surface area contributed by atoms with Crippen LogP contribution in [0.4, 0.5) is 10.7 Å². The number of rotatable bonds is 5. The molecule has 0 atom stereocenters. The van der Waals surface area contributed by atoms with Crippen LogP contribution in [0.15, 0.2) is 52.3 Å². The van der Waals surface area contributed by atoms with Crippen LogP contribution in [0.3, 0.4) is 0 Å². The maximum atomic E-state index is 12.7. The predicted octanol–water partition coefficient (Wildman–Crippen LogP) is 5.78. The molecule has 1 heterocycles. The number of nitro benzene ring substituents is 1. The predicted molar refractivity (Wildman–Crippen MR) is 115 cm³/mol. The summed E-state index contributed by atoms with van der Waals surface area (Å²) in [6, 6.07) is 10.9. The van der Waals surface area contributed by atoms with Crippen LogP contribution in [-0.4, -0.2) is 23.9 Å². The summed E-state index contributed by atoms with van der Waals surface area (Å²) in [5.74, 6) is -1.39. The van der Waals surface area contributed by atoms with Gasteiger partial charge in [-0.15, -0.1) is 11.3 Å². The number of amides is 1. The Bertz CT molecular complexity index is 1110. The van der Waals surface area contributed by atoms with Crippen molar-refractivity contribution in [1.29, 1.82) is 0 Å². The van der Waals surface area contributed by atoms with Gasteiger partial charge in [-0.3, -0.25) is 14.9 Å². The fraction of sp³-hybridized carbons (Fsp3) is 0.0526. The lowest BCUT2D eigenvalue weighted by Crippen LogP contribution is -2.15. The molecule has 0 unspecified atom stereocenters. The molecule has 1 amide bonds. The number of hydrogen-bond donors (Lipinski definition) is 1. The molecule has 10 heteroatoms. The number of hydrogen-bond acceptors (Lipinski definition) is 6. The van der Waals surface area contributed by atoms with E-state index < -0.39 is 22.5 Å². The standard InChI is InChI=1S/C19H12BrClN2O5S/c1-28-19(25)16-14(10-2-4-11(20)5-3-10)9-29-18(16)22-17(24)13-8-12(21)6-7-15(13)23(26)27/h2-9H,1H3,(H,22,24). The first-order chi connectivity index (χ1) is 13.8. The molecule has 1 N–H and O–H groups in total. The van der Waals surface area contributed by atoms with Crippen molar-refractivity contribution in [1.82, 2.24) is 0 Å². The molecule has 0 spiro atoms. The molecule has 0 bridgehead atoms. The van der Waals surface area contributed by atoms with Crippen molar-refractivity contribution in [3.8, 4) is 11.1 Å². The Labute approximate surface area is 182 Å². The van der Waals surface area contributed by atoms with E-state index in [9.17, 15) is 19.7 Å². The van der Waals surface area contributed by atoms with Gasteiger partial charge < -0.3 is 10.1 Å². The van der Waals surface area contributed by atoms with Gasteiger partial charge in [0.05, 0.1) is 12.0 Å². The number of ether oxygens (including phenoxy) is 1. The molecule has 0 aliphatic carbocycles.